The van der Waals surface area contributed by atoms with Crippen molar-refractivity contribution in [3.05, 3.63) is 89.7 Å². The summed E-state index contributed by atoms with van der Waals surface area (Å²) in [6.07, 6.45) is 0. The average Bonchev–Trinajstić information content (AvgIpc) is 3.10. The molecule has 1 fully saturated rings. The van der Waals surface area contributed by atoms with Gasteiger partial charge in [0.15, 0.2) is 5.78 Å². The summed E-state index contributed by atoms with van der Waals surface area (Å²) in [6, 6.07) is 17.5. The summed E-state index contributed by atoms with van der Waals surface area (Å²) in [5, 5.41) is 0. The lowest BCUT2D eigenvalue weighted by Crippen LogP contribution is -2.31. The zero-order valence-corrected chi connectivity index (χ0v) is 18.2. The molecule has 168 valence electrons. The highest BCUT2D eigenvalue weighted by Gasteiger charge is 2.53. The van der Waals surface area contributed by atoms with E-state index in [1.165, 1.54) is 30.2 Å². The molecule has 7 heteroatoms. The highest BCUT2D eigenvalue weighted by atomic mass is 19.1. The van der Waals surface area contributed by atoms with Gasteiger partial charge in [0.05, 0.1) is 19.8 Å². The highest BCUT2D eigenvalue weighted by molar-refractivity contribution is 6.49. The summed E-state index contributed by atoms with van der Waals surface area (Å²) in [6.45, 7) is 2.31. The number of ketones is 2. The molecule has 6 nitrogen and oxygen atoms in total. The summed E-state index contributed by atoms with van der Waals surface area (Å²) >= 11 is 0. The van der Waals surface area contributed by atoms with Crippen LogP contribution in [0.5, 0.6) is 11.5 Å². The Morgan fingerprint density at radius 2 is 1.58 bits per heavy atom. The standard InChI is InChI=1S/C26H22FNO5/c1-3-33-19-12-8-16(9-13-19)24(29)22-23(20-6-4-5-7-21(20)27)28(26(31)25(22)30)17-10-14-18(32-2)15-11-17/h4-15,22-23H,3H2,1-2H3. The fraction of sp³-hybridized carbons (Fsp3) is 0.192. The van der Waals surface area contributed by atoms with Crippen molar-refractivity contribution in [3.8, 4) is 11.5 Å². The van der Waals surface area contributed by atoms with Gasteiger partial charge in [0.1, 0.15) is 23.2 Å². The third-order valence-corrected chi connectivity index (χ3v) is 5.61. The molecule has 33 heavy (non-hydrogen) atoms. The zero-order valence-electron chi connectivity index (χ0n) is 18.2. The molecule has 2 unspecified atom stereocenters. The van der Waals surface area contributed by atoms with E-state index in [1.54, 1.807) is 54.6 Å². The van der Waals surface area contributed by atoms with Gasteiger partial charge >= 0.3 is 0 Å². The largest absolute Gasteiger partial charge is 0.497 e. The predicted octanol–water partition coefficient (Wildman–Crippen LogP) is 4.39. The minimum Gasteiger partial charge on any atom is -0.497 e. The second kappa shape index (κ2) is 9.24. The molecular weight excluding hydrogens is 425 g/mol. The van der Waals surface area contributed by atoms with Crippen LogP contribution in [0.4, 0.5) is 10.1 Å². The van der Waals surface area contributed by atoms with Gasteiger partial charge in [-0.2, -0.15) is 0 Å². The van der Waals surface area contributed by atoms with E-state index < -0.39 is 35.3 Å². The maximum Gasteiger partial charge on any atom is 0.295 e. The Balaban J connectivity index is 1.80. The Morgan fingerprint density at radius 3 is 2.18 bits per heavy atom. The van der Waals surface area contributed by atoms with Crippen LogP contribution in [0.2, 0.25) is 0 Å². The number of hydrogen-bond donors (Lipinski definition) is 0. The SMILES string of the molecule is CCOc1ccc(C(=O)C2C(=O)C(=O)N(c3ccc(OC)cc3)C2c2ccccc2F)cc1. The third kappa shape index (κ3) is 4.09. The summed E-state index contributed by atoms with van der Waals surface area (Å²) in [7, 11) is 1.51. The number of anilines is 1. The summed E-state index contributed by atoms with van der Waals surface area (Å²) in [4.78, 5) is 40.9. The van der Waals surface area contributed by atoms with Gasteiger partial charge in [0.2, 0.25) is 5.78 Å². The maximum atomic E-state index is 14.9. The lowest BCUT2D eigenvalue weighted by molar-refractivity contribution is -0.135. The van der Waals surface area contributed by atoms with Crippen molar-refractivity contribution >= 4 is 23.2 Å². The van der Waals surface area contributed by atoms with Gasteiger partial charge in [-0.05, 0) is 61.5 Å². The van der Waals surface area contributed by atoms with Crippen molar-refractivity contribution in [2.24, 2.45) is 5.92 Å². The van der Waals surface area contributed by atoms with Crippen LogP contribution in [0, 0.1) is 11.7 Å². The molecule has 2 atom stereocenters. The number of Topliss-reactive ketones (excluding diaryl/α,β-unsaturated/α-hetero) is 2. The van der Waals surface area contributed by atoms with Gasteiger partial charge in [-0.1, -0.05) is 18.2 Å². The first-order valence-corrected chi connectivity index (χ1v) is 10.5. The monoisotopic (exact) mass is 447 g/mol. The smallest absolute Gasteiger partial charge is 0.295 e. The molecule has 0 N–H and O–H groups in total. The van der Waals surface area contributed by atoms with E-state index in [9.17, 15) is 18.8 Å². The van der Waals surface area contributed by atoms with Crippen LogP contribution in [-0.4, -0.2) is 31.2 Å². The van der Waals surface area contributed by atoms with Crippen molar-refractivity contribution in [2.45, 2.75) is 13.0 Å². The molecule has 0 aromatic heterocycles. The second-order valence-electron chi connectivity index (χ2n) is 7.50. The molecule has 0 aliphatic carbocycles. The van der Waals surface area contributed by atoms with Crippen LogP contribution in [0.15, 0.2) is 72.8 Å². The van der Waals surface area contributed by atoms with E-state index in [0.717, 1.165) is 0 Å². The van der Waals surface area contributed by atoms with Gasteiger partial charge in [-0.3, -0.25) is 19.3 Å². The number of carbonyl (C=O) groups excluding carboxylic acids is 3. The van der Waals surface area contributed by atoms with Crippen LogP contribution in [-0.2, 0) is 9.59 Å². The normalized spacial score (nSPS) is 17.8. The first-order valence-electron chi connectivity index (χ1n) is 10.5. The average molecular weight is 447 g/mol. The van der Waals surface area contributed by atoms with Gasteiger partial charge in [0, 0.05) is 16.8 Å². The third-order valence-electron chi connectivity index (χ3n) is 5.61. The molecule has 1 aliphatic heterocycles. The van der Waals surface area contributed by atoms with Crippen LogP contribution in [0.3, 0.4) is 0 Å². The summed E-state index contributed by atoms with van der Waals surface area (Å²) in [5.74, 6) is -3.16. The Bertz CT molecular complexity index is 1190. The number of ether oxygens (including phenoxy) is 2. The minimum atomic E-state index is -1.39. The fourth-order valence-electron chi connectivity index (χ4n) is 4.05. The molecule has 1 amide bonds. The Labute approximate surface area is 190 Å². The zero-order chi connectivity index (χ0) is 23.5. The molecule has 1 heterocycles. The first kappa shape index (κ1) is 22.2. The molecule has 1 saturated heterocycles. The Kier molecular flexibility index (Phi) is 6.22. The molecular formula is C26H22FNO5. The van der Waals surface area contributed by atoms with Crippen LogP contribution in [0.1, 0.15) is 28.9 Å². The quantitative estimate of drug-likeness (QED) is 0.305. The molecule has 3 aromatic carbocycles. The number of rotatable bonds is 7. The fourth-order valence-corrected chi connectivity index (χ4v) is 4.05. The molecule has 0 radical (unpaired) electrons. The van der Waals surface area contributed by atoms with E-state index >= 15 is 0 Å². The minimum absolute atomic E-state index is 0.0943. The molecule has 3 aromatic rings. The van der Waals surface area contributed by atoms with Crippen molar-refractivity contribution in [3.63, 3.8) is 0 Å². The number of nitrogens with zero attached hydrogens (tertiary/aromatic N) is 1. The number of hydrogen-bond acceptors (Lipinski definition) is 5. The Hall–Kier alpha value is -4.00. The molecule has 0 spiro atoms. The molecule has 4 rings (SSSR count). The lowest BCUT2D eigenvalue weighted by Gasteiger charge is -2.27. The first-order chi connectivity index (χ1) is 16.0. The van der Waals surface area contributed by atoms with E-state index in [0.29, 0.717) is 23.8 Å². The van der Waals surface area contributed by atoms with E-state index in [4.69, 9.17) is 9.47 Å². The van der Waals surface area contributed by atoms with Crippen LogP contribution < -0.4 is 14.4 Å². The number of amides is 1. The molecule has 1 aliphatic rings. The summed E-state index contributed by atoms with van der Waals surface area (Å²) in [5.41, 5.74) is 0.698. The van der Waals surface area contributed by atoms with E-state index in [-0.39, 0.29) is 11.1 Å². The van der Waals surface area contributed by atoms with Gasteiger partial charge in [-0.25, -0.2) is 4.39 Å². The van der Waals surface area contributed by atoms with E-state index in [1.807, 2.05) is 6.92 Å². The second-order valence-corrected chi connectivity index (χ2v) is 7.50. The topological polar surface area (TPSA) is 72.9 Å². The van der Waals surface area contributed by atoms with E-state index in [2.05, 4.69) is 0 Å². The molecule has 0 saturated carbocycles. The summed E-state index contributed by atoms with van der Waals surface area (Å²) < 4.78 is 25.4. The highest BCUT2D eigenvalue weighted by Crippen LogP contribution is 2.42. The van der Waals surface area contributed by atoms with Crippen LogP contribution in [0.25, 0.3) is 0 Å². The lowest BCUT2D eigenvalue weighted by atomic mass is 9.86. The van der Waals surface area contributed by atoms with Gasteiger partial charge in [-0.15, -0.1) is 0 Å². The number of benzene rings is 3. The van der Waals surface area contributed by atoms with Crippen molar-refractivity contribution in [2.75, 3.05) is 18.6 Å². The number of halogens is 1. The van der Waals surface area contributed by atoms with Crippen molar-refractivity contribution in [1.82, 2.24) is 0 Å². The van der Waals surface area contributed by atoms with Gasteiger partial charge in [0.25, 0.3) is 5.91 Å². The number of methoxy groups -OCH3 is 1. The van der Waals surface area contributed by atoms with Crippen molar-refractivity contribution < 1.29 is 28.2 Å². The maximum absolute atomic E-state index is 14.9. The number of carbonyl (C=O) groups is 3. The van der Waals surface area contributed by atoms with Gasteiger partial charge < -0.3 is 9.47 Å². The Morgan fingerprint density at radius 1 is 0.939 bits per heavy atom. The van der Waals surface area contributed by atoms with Crippen molar-refractivity contribution in [1.29, 1.82) is 0 Å². The molecule has 0 bridgehead atoms. The van der Waals surface area contributed by atoms with Crippen LogP contribution >= 0.6 is 0 Å². The predicted molar refractivity (Wildman–Crippen MR) is 120 cm³/mol.